The van der Waals surface area contributed by atoms with E-state index >= 15 is 0 Å². The number of phenolic OH excluding ortho intramolecular Hbond substituents is 1. The van der Waals surface area contributed by atoms with Gasteiger partial charge in [-0.25, -0.2) is 4.79 Å². The van der Waals surface area contributed by atoms with E-state index in [0.717, 1.165) is 16.7 Å². The number of phenols is 1. The molecule has 0 radical (unpaired) electrons. The zero-order valence-corrected chi connectivity index (χ0v) is 16.7. The molecule has 0 spiro atoms. The van der Waals surface area contributed by atoms with E-state index in [9.17, 15) is 19.8 Å². The van der Waals surface area contributed by atoms with E-state index in [-0.39, 0.29) is 36.0 Å². The molecule has 2 aromatic carbocycles. The SMILES string of the molecule is CC(C)c1cc(C(=O)NC2(C(=O)O)Cc3ccccc3C2)c(O)c(C(C)C)c1. The number of aliphatic carboxylic acids is 1. The number of carboxylic acid groups (broad SMARTS) is 1. The van der Waals surface area contributed by atoms with Gasteiger partial charge in [0.15, 0.2) is 0 Å². The van der Waals surface area contributed by atoms with Gasteiger partial charge in [-0.2, -0.15) is 0 Å². The lowest BCUT2D eigenvalue weighted by Crippen LogP contribution is -2.55. The Morgan fingerprint density at radius 1 is 1.00 bits per heavy atom. The Kier molecular flexibility index (Phi) is 5.20. The van der Waals surface area contributed by atoms with E-state index in [1.165, 1.54) is 0 Å². The maximum Gasteiger partial charge on any atom is 0.330 e. The van der Waals surface area contributed by atoms with Crippen LogP contribution in [-0.2, 0) is 17.6 Å². The number of amides is 1. The Balaban J connectivity index is 1.99. The highest BCUT2D eigenvalue weighted by molar-refractivity contribution is 6.01. The van der Waals surface area contributed by atoms with Crippen LogP contribution in [-0.4, -0.2) is 27.6 Å². The van der Waals surface area contributed by atoms with Crippen LogP contribution in [0.25, 0.3) is 0 Å². The van der Waals surface area contributed by atoms with Crippen LogP contribution in [0.3, 0.4) is 0 Å². The molecule has 1 aliphatic carbocycles. The van der Waals surface area contributed by atoms with Crippen LogP contribution >= 0.6 is 0 Å². The van der Waals surface area contributed by atoms with Crippen molar-refractivity contribution in [3.63, 3.8) is 0 Å². The molecule has 1 aliphatic rings. The number of carbonyl (C=O) groups is 2. The highest BCUT2D eigenvalue weighted by Gasteiger charge is 2.45. The van der Waals surface area contributed by atoms with Gasteiger partial charge in [-0.3, -0.25) is 4.79 Å². The van der Waals surface area contributed by atoms with Crippen molar-refractivity contribution in [2.24, 2.45) is 0 Å². The first-order chi connectivity index (χ1) is 13.1. The third-order valence-electron chi connectivity index (χ3n) is 5.56. The summed E-state index contributed by atoms with van der Waals surface area (Å²) in [6.07, 6.45) is 0.456. The molecule has 2 aromatic rings. The van der Waals surface area contributed by atoms with Gasteiger partial charge in [-0.05, 0) is 40.2 Å². The van der Waals surface area contributed by atoms with Gasteiger partial charge in [0.2, 0.25) is 0 Å². The Morgan fingerprint density at radius 2 is 1.57 bits per heavy atom. The van der Waals surface area contributed by atoms with Gasteiger partial charge in [0.25, 0.3) is 5.91 Å². The number of aromatic hydroxyl groups is 1. The number of hydrogen-bond acceptors (Lipinski definition) is 3. The fourth-order valence-electron chi connectivity index (χ4n) is 3.82. The number of hydrogen-bond donors (Lipinski definition) is 3. The molecule has 0 bridgehead atoms. The zero-order chi connectivity index (χ0) is 20.6. The highest BCUT2D eigenvalue weighted by Crippen LogP contribution is 2.35. The predicted molar refractivity (Wildman–Crippen MR) is 108 cm³/mol. The molecule has 0 heterocycles. The number of benzene rings is 2. The summed E-state index contributed by atoms with van der Waals surface area (Å²) in [7, 11) is 0. The number of rotatable bonds is 5. The van der Waals surface area contributed by atoms with Crippen molar-refractivity contribution in [1.82, 2.24) is 5.32 Å². The molecule has 28 heavy (non-hydrogen) atoms. The minimum Gasteiger partial charge on any atom is -0.507 e. The summed E-state index contributed by atoms with van der Waals surface area (Å²) in [6.45, 7) is 7.94. The molecule has 0 fully saturated rings. The molecule has 3 N–H and O–H groups in total. The van der Waals surface area contributed by atoms with Gasteiger partial charge >= 0.3 is 5.97 Å². The predicted octanol–water partition coefficient (Wildman–Crippen LogP) is 3.99. The molecular formula is C23H27NO4. The van der Waals surface area contributed by atoms with Gasteiger partial charge in [0, 0.05) is 12.8 Å². The third-order valence-corrected chi connectivity index (χ3v) is 5.56. The van der Waals surface area contributed by atoms with Crippen LogP contribution in [0.2, 0.25) is 0 Å². The number of carbonyl (C=O) groups excluding carboxylic acids is 1. The third kappa shape index (κ3) is 3.49. The second kappa shape index (κ2) is 7.30. The Morgan fingerprint density at radius 3 is 2.04 bits per heavy atom. The summed E-state index contributed by atoms with van der Waals surface area (Å²) in [5, 5.41) is 23.3. The number of carboxylic acids is 1. The molecule has 5 heteroatoms. The Bertz CT molecular complexity index is 905. The minimum atomic E-state index is -1.40. The highest BCUT2D eigenvalue weighted by atomic mass is 16.4. The topological polar surface area (TPSA) is 86.6 Å². The Hall–Kier alpha value is -2.82. The molecule has 3 rings (SSSR count). The summed E-state index contributed by atoms with van der Waals surface area (Å²) >= 11 is 0. The van der Waals surface area contributed by atoms with Gasteiger partial charge in [0.1, 0.15) is 11.3 Å². The lowest BCUT2D eigenvalue weighted by molar-refractivity contribution is -0.144. The number of nitrogens with one attached hydrogen (secondary N) is 1. The fourth-order valence-corrected chi connectivity index (χ4v) is 3.82. The maximum atomic E-state index is 13.1. The molecule has 0 aliphatic heterocycles. The van der Waals surface area contributed by atoms with Crippen molar-refractivity contribution >= 4 is 11.9 Å². The van der Waals surface area contributed by atoms with E-state index < -0.39 is 17.4 Å². The lowest BCUT2D eigenvalue weighted by Gasteiger charge is -2.26. The molecule has 5 nitrogen and oxygen atoms in total. The van der Waals surface area contributed by atoms with E-state index in [0.29, 0.717) is 5.56 Å². The summed E-state index contributed by atoms with van der Waals surface area (Å²) in [6, 6.07) is 11.1. The van der Waals surface area contributed by atoms with Gasteiger partial charge in [-0.15, -0.1) is 0 Å². The van der Waals surface area contributed by atoms with Crippen LogP contribution in [0.15, 0.2) is 36.4 Å². The lowest BCUT2D eigenvalue weighted by atomic mass is 9.90. The van der Waals surface area contributed by atoms with E-state index in [2.05, 4.69) is 5.32 Å². The van der Waals surface area contributed by atoms with Crippen molar-refractivity contribution in [3.8, 4) is 5.75 Å². The van der Waals surface area contributed by atoms with Crippen molar-refractivity contribution < 1.29 is 19.8 Å². The quantitative estimate of drug-likeness (QED) is 0.731. The van der Waals surface area contributed by atoms with Gasteiger partial charge < -0.3 is 15.5 Å². The molecule has 0 unspecified atom stereocenters. The minimum absolute atomic E-state index is 0.0365. The summed E-state index contributed by atoms with van der Waals surface area (Å²) in [5.74, 6) is -1.49. The normalized spacial score (nSPS) is 14.9. The van der Waals surface area contributed by atoms with E-state index in [1.54, 1.807) is 6.07 Å². The molecule has 148 valence electrons. The zero-order valence-electron chi connectivity index (χ0n) is 16.7. The summed E-state index contributed by atoms with van der Waals surface area (Å²) < 4.78 is 0. The van der Waals surface area contributed by atoms with Crippen molar-refractivity contribution in [2.45, 2.75) is 57.9 Å². The van der Waals surface area contributed by atoms with Crippen LogP contribution in [0.1, 0.15) is 72.1 Å². The van der Waals surface area contributed by atoms with Crippen molar-refractivity contribution in [1.29, 1.82) is 0 Å². The Labute approximate surface area is 165 Å². The van der Waals surface area contributed by atoms with Gasteiger partial charge in [0.05, 0.1) is 5.56 Å². The molecule has 0 saturated carbocycles. The molecule has 0 aromatic heterocycles. The monoisotopic (exact) mass is 381 g/mol. The second-order valence-electron chi connectivity index (χ2n) is 8.28. The first-order valence-corrected chi connectivity index (χ1v) is 9.64. The fraction of sp³-hybridized carbons (Fsp3) is 0.391. The average molecular weight is 381 g/mol. The van der Waals surface area contributed by atoms with Crippen LogP contribution in [0.5, 0.6) is 5.75 Å². The smallest absolute Gasteiger partial charge is 0.330 e. The van der Waals surface area contributed by atoms with Crippen LogP contribution in [0, 0.1) is 0 Å². The molecular weight excluding hydrogens is 354 g/mol. The van der Waals surface area contributed by atoms with Crippen LogP contribution < -0.4 is 5.32 Å². The second-order valence-corrected chi connectivity index (χ2v) is 8.28. The van der Waals surface area contributed by atoms with Crippen LogP contribution in [0.4, 0.5) is 0 Å². The summed E-state index contributed by atoms with van der Waals surface area (Å²) in [5.41, 5.74) is 2.20. The first-order valence-electron chi connectivity index (χ1n) is 9.64. The maximum absolute atomic E-state index is 13.1. The van der Waals surface area contributed by atoms with E-state index in [4.69, 9.17) is 0 Å². The number of fused-ring (bicyclic) bond motifs is 1. The van der Waals surface area contributed by atoms with Crippen molar-refractivity contribution in [3.05, 3.63) is 64.2 Å². The van der Waals surface area contributed by atoms with Crippen molar-refractivity contribution in [2.75, 3.05) is 0 Å². The first kappa shape index (κ1) is 19.9. The standard InChI is InChI=1S/C23H27NO4/c1-13(2)17-9-18(14(3)4)20(25)19(10-17)21(26)24-23(22(27)28)11-15-7-5-6-8-16(15)12-23/h5-10,13-14,25H,11-12H2,1-4H3,(H,24,26)(H,27,28). The van der Waals surface area contributed by atoms with Gasteiger partial charge in [-0.1, -0.05) is 58.0 Å². The summed E-state index contributed by atoms with van der Waals surface area (Å²) in [4.78, 5) is 25.2. The molecule has 1 amide bonds. The van der Waals surface area contributed by atoms with E-state index in [1.807, 2.05) is 58.0 Å². The largest absolute Gasteiger partial charge is 0.507 e. The average Bonchev–Trinajstić information content (AvgIpc) is 3.00. The molecule has 0 atom stereocenters. The molecule has 0 saturated heterocycles.